The van der Waals surface area contributed by atoms with Gasteiger partial charge in [-0.15, -0.1) is 10.2 Å². The Morgan fingerprint density at radius 1 is 1.11 bits per heavy atom. The maximum atomic E-state index is 12.7. The molecule has 0 atom stereocenters. The number of rotatable bonds is 4. The Morgan fingerprint density at radius 2 is 1.89 bits per heavy atom. The lowest BCUT2D eigenvalue weighted by molar-refractivity contribution is -0.137. The minimum atomic E-state index is -4.46. The number of aromatic nitrogens is 1. The number of hydrogen-bond donors (Lipinski definition) is 1. The van der Waals surface area contributed by atoms with Crippen LogP contribution in [-0.2, 0) is 6.18 Å². The van der Waals surface area contributed by atoms with Crippen molar-refractivity contribution in [2.24, 2.45) is 10.2 Å². The molecule has 0 unspecified atom stereocenters. The highest BCUT2D eigenvalue weighted by molar-refractivity contribution is 7.19. The van der Waals surface area contributed by atoms with Crippen LogP contribution in [-0.4, -0.2) is 10.9 Å². The fraction of sp³-hybridized carbons (Fsp3) is 0.0588. The van der Waals surface area contributed by atoms with Gasteiger partial charge in [0.25, 0.3) is 5.91 Å². The minimum absolute atomic E-state index is 0.0433. The van der Waals surface area contributed by atoms with Crippen molar-refractivity contribution in [3.05, 3.63) is 69.8 Å². The molecule has 0 aliphatic carbocycles. The summed E-state index contributed by atoms with van der Waals surface area (Å²) >= 11 is 12.8. The topological polar surface area (TPSA) is 66.7 Å². The second-order valence-electron chi connectivity index (χ2n) is 5.33. The van der Waals surface area contributed by atoms with Gasteiger partial charge in [-0.3, -0.25) is 10.1 Å². The van der Waals surface area contributed by atoms with Crippen molar-refractivity contribution in [3.8, 4) is 0 Å². The number of halogens is 5. The van der Waals surface area contributed by atoms with Gasteiger partial charge in [0.1, 0.15) is 0 Å². The molecule has 1 aromatic heterocycles. The summed E-state index contributed by atoms with van der Waals surface area (Å²) in [6, 6.07) is 8.91. The molecule has 1 amide bonds. The van der Waals surface area contributed by atoms with Crippen LogP contribution in [0, 0.1) is 0 Å². The van der Waals surface area contributed by atoms with Crippen molar-refractivity contribution in [2.45, 2.75) is 6.18 Å². The second-order valence-corrected chi connectivity index (χ2v) is 7.18. The predicted octanol–water partition coefficient (Wildman–Crippen LogP) is 7.14. The number of nitrogens with one attached hydrogen (secondary N) is 1. The van der Waals surface area contributed by atoms with E-state index in [1.807, 2.05) is 0 Å². The molecule has 1 heterocycles. The number of thiazole rings is 1. The number of azo groups is 1. The Labute approximate surface area is 170 Å². The van der Waals surface area contributed by atoms with Gasteiger partial charge in [0.05, 0.1) is 28.0 Å². The third-order valence-electron chi connectivity index (χ3n) is 3.33. The molecular weight excluding hydrogens is 436 g/mol. The van der Waals surface area contributed by atoms with Gasteiger partial charge >= 0.3 is 6.18 Å². The van der Waals surface area contributed by atoms with Gasteiger partial charge < -0.3 is 0 Å². The van der Waals surface area contributed by atoms with Crippen molar-refractivity contribution in [2.75, 3.05) is 5.32 Å². The Hall–Kier alpha value is -2.49. The molecule has 28 heavy (non-hydrogen) atoms. The molecule has 0 radical (unpaired) electrons. The van der Waals surface area contributed by atoms with Crippen molar-refractivity contribution in [1.29, 1.82) is 0 Å². The van der Waals surface area contributed by atoms with Crippen LogP contribution in [0.2, 0.25) is 10.0 Å². The zero-order valence-electron chi connectivity index (χ0n) is 13.7. The lowest BCUT2D eigenvalue weighted by atomic mass is 10.2. The van der Waals surface area contributed by atoms with Crippen LogP contribution in [0.15, 0.2) is 58.9 Å². The lowest BCUT2D eigenvalue weighted by Gasteiger charge is -2.05. The third kappa shape index (κ3) is 5.06. The summed E-state index contributed by atoms with van der Waals surface area (Å²) in [7, 11) is 0. The van der Waals surface area contributed by atoms with Crippen LogP contribution in [0.25, 0.3) is 0 Å². The second kappa shape index (κ2) is 8.26. The largest absolute Gasteiger partial charge is 0.416 e. The van der Waals surface area contributed by atoms with Crippen LogP contribution in [0.1, 0.15) is 15.9 Å². The average molecular weight is 445 g/mol. The SMILES string of the molecule is O=C(Nc1ncc(N=Nc2cccc(C(F)(F)F)c2)s1)c1ccc(Cl)cc1Cl. The number of anilines is 1. The van der Waals surface area contributed by atoms with Gasteiger partial charge in [-0.1, -0.05) is 40.6 Å². The molecule has 3 aromatic rings. The van der Waals surface area contributed by atoms with E-state index in [9.17, 15) is 18.0 Å². The molecule has 0 bridgehead atoms. The number of carbonyl (C=O) groups is 1. The summed E-state index contributed by atoms with van der Waals surface area (Å²) in [6.45, 7) is 0. The molecule has 2 aromatic carbocycles. The van der Waals surface area contributed by atoms with Gasteiger partial charge in [-0.05, 0) is 36.4 Å². The molecule has 0 spiro atoms. The first-order chi connectivity index (χ1) is 13.2. The first kappa shape index (κ1) is 20.2. The van der Waals surface area contributed by atoms with E-state index in [1.54, 1.807) is 0 Å². The van der Waals surface area contributed by atoms with E-state index in [4.69, 9.17) is 23.2 Å². The van der Waals surface area contributed by atoms with Gasteiger partial charge in [0, 0.05) is 5.02 Å². The van der Waals surface area contributed by atoms with Crippen molar-refractivity contribution in [1.82, 2.24) is 4.98 Å². The van der Waals surface area contributed by atoms with Crippen LogP contribution in [0.4, 0.5) is 29.0 Å². The van der Waals surface area contributed by atoms with Gasteiger partial charge in [-0.25, -0.2) is 4.98 Å². The first-order valence-electron chi connectivity index (χ1n) is 7.53. The van der Waals surface area contributed by atoms with Gasteiger partial charge in [0.15, 0.2) is 10.1 Å². The highest BCUT2D eigenvalue weighted by atomic mass is 35.5. The van der Waals surface area contributed by atoms with Crippen molar-refractivity contribution in [3.63, 3.8) is 0 Å². The van der Waals surface area contributed by atoms with Crippen molar-refractivity contribution >= 4 is 56.3 Å². The Balaban J connectivity index is 1.70. The van der Waals surface area contributed by atoms with Gasteiger partial charge in [-0.2, -0.15) is 13.2 Å². The number of nitrogens with zero attached hydrogens (tertiary/aromatic N) is 3. The molecule has 0 saturated carbocycles. The smallest absolute Gasteiger partial charge is 0.298 e. The standard InChI is InChI=1S/C17H9Cl2F3N4OS/c18-10-4-5-12(13(19)7-10)15(27)24-16-23-8-14(28-16)26-25-11-3-1-2-9(6-11)17(20,21)22/h1-8H,(H,23,24,27). The van der Waals surface area contributed by atoms with E-state index >= 15 is 0 Å². The Kier molecular flexibility index (Phi) is 5.97. The quantitative estimate of drug-likeness (QED) is 0.434. The average Bonchev–Trinajstić information content (AvgIpc) is 3.06. The van der Waals surface area contributed by atoms with Crippen LogP contribution < -0.4 is 5.32 Å². The number of hydrogen-bond acceptors (Lipinski definition) is 5. The summed E-state index contributed by atoms with van der Waals surface area (Å²) < 4.78 is 38.1. The zero-order chi connectivity index (χ0) is 20.3. The van der Waals surface area contributed by atoms with E-state index in [1.165, 1.54) is 36.5 Å². The van der Waals surface area contributed by atoms with Crippen LogP contribution in [0.3, 0.4) is 0 Å². The summed E-state index contributed by atoms with van der Waals surface area (Å²) in [5.41, 5.74) is -0.559. The minimum Gasteiger partial charge on any atom is -0.298 e. The predicted molar refractivity (Wildman–Crippen MR) is 102 cm³/mol. The summed E-state index contributed by atoms with van der Waals surface area (Å²) in [4.78, 5) is 16.2. The number of benzene rings is 2. The maximum Gasteiger partial charge on any atom is 0.416 e. The molecule has 0 aliphatic heterocycles. The molecule has 144 valence electrons. The third-order valence-corrected chi connectivity index (χ3v) is 4.67. The molecule has 3 rings (SSSR count). The van der Waals surface area contributed by atoms with E-state index in [0.29, 0.717) is 10.0 Å². The zero-order valence-corrected chi connectivity index (χ0v) is 16.0. The first-order valence-corrected chi connectivity index (χ1v) is 9.11. The molecule has 0 fully saturated rings. The molecule has 0 aliphatic rings. The maximum absolute atomic E-state index is 12.7. The van der Waals surface area contributed by atoms with E-state index < -0.39 is 17.6 Å². The molecule has 1 N–H and O–H groups in total. The molecule has 0 saturated heterocycles. The summed E-state index contributed by atoms with van der Waals surface area (Å²) in [5, 5.41) is 11.3. The highest BCUT2D eigenvalue weighted by Gasteiger charge is 2.30. The monoisotopic (exact) mass is 444 g/mol. The number of alkyl halides is 3. The van der Waals surface area contributed by atoms with E-state index in [2.05, 4.69) is 20.5 Å². The number of carbonyl (C=O) groups excluding carboxylic acids is 1. The summed E-state index contributed by atoms with van der Waals surface area (Å²) in [6.07, 6.45) is -3.13. The summed E-state index contributed by atoms with van der Waals surface area (Å²) in [5.74, 6) is -0.489. The fourth-order valence-electron chi connectivity index (χ4n) is 2.06. The van der Waals surface area contributed by atoms with E-state index in [0.717, 1.165) is 23.5 Å². The Morgan fingerprint density at radius 3 is 2.61 bits per heavy atom. The number of amides is 1. The normalized spacial score (nSPS) is 11.8. The van der Waals surface area contributed by atoms with Crippen LogP contribution in [0.5, 0.6) is 0 Å². The van der Waals surface area contributed by atoms with Crippen LogP contribution >= 0.6 is 34.5 Å². The lowest BCUT2D eigenvalue weighted by Crippen LogP contribution is -2.12. The molecule has 11 heteroatoms. The Bertz CT molecular complexity index is 1050. The highest BCUT2D eigenvalue weighted by Crippen LogP contribution is 2.33. The van der Waals surface area contributed by atoms with E-state index in [-0.39, 0.29) is 21.4 Å². The van der Waals surface area contributed by atoms with Gasteiger partial charge in [0.2, 0.25) is 0 Å². The molecule has 5 nitrogen and oxygen atoms in total. The molecular formula is C17H9Cl2F3N4OS. The fourth-order valence-corrected chi connectivity index (χ4v) is 3.19. The van der Waals surface area contributed by atoms with Crippen molar-refractivity contribution < 1.29 is 18.0 Å².